The van der Waals surface area contributed by atoms with E-state index in [1.165, 1.54) is 51.4 Å². The van der Waals surface area contributed by atoms with E-state index in [-0.39, 0.29) is 0 Å². The summed E-state index contributed by atoms with van der Waals surface area (Å²) < 4.78 is 5.69. The molecule has 0 aromatic rings. The minimum Gasteiger partial charge on any atom is -0.374 e. The summed E-state index contributed by atoms with van der Waals surface area (Å²) in [5.41, 5.74) is 0. The van der Waals surface area contributed by atoms with Crippen LogP contribution in [0.1, 0.15) is 58.3 Å². The second-order valence-corrected chi connectivity index (χ2v) is 4.76. The first-order valence-electron chi connectivity index (χ1n) is 6.59. The molecule has 1 aliphatic rings. The highest BCUT2D eigenvalue weighted by atomic mass is 16.5. The first kappa shape index (κ1) is 12.8. The van der Waals surface area contributed by atoms with Crippen LogP contribution in [0.5, 0.6) is 0 Å². The van der Waals surface area contributed by atoms with Crippen LogP contribution in [0.4, 0.5) is 0 Å². The average Bonchev–Trinajstić information content (AvgIpc) is 2.28. The van der Waals surface area contributed by atoms with Gasteiger partial charge in [0.25, 0.3) is 0 Å². The summed E-state index contributed by atoms with van der Waals surface area (Å²) in [6.07, 6.45) is 13.3. The van der Waals surface area contributed by atoms with E-state index >= 15 is 0 Å². The van der Waals surface area contributed by atoms with Crippen LogP contribution in [0.25, 0.3) is 0 Å². The van der Waals surface area contributed by atoms with E-state index in [1.807, 2.05) is 6.08 Å². The van der Waals surface area contributed by atoms with Gasteiger partial charge in [-0.15, -0.1) is 6.58 Å². The van der Waals surface area contributed by atoms with E-state index in [0.717, 1.165) is 12.5 Å². The van der Waals surface area contributed by atoms with Crippen molar-refractivity contribution in [3.05, 3.63) is 12.7 Å². The van der Waals surface area contributed by atoms with Gasteiger partial charge in [0.15, 0.2) is 0 Å². The Hall–Kier alpha value is -0.300. The molecule has 0 saturated heterocycles. The molecule has 88 valence electrons. The lowest BCUT2D eigenvalue weighted by molar-refractivity contribution is 0.0334. The van der Waals surface area contributed by atoms with Crippen molar-refractivity contribution in [2.24, 2.45) is 5.92 Å². The first-order valence-corrected chi connectivity index (χ1v) is 6.59. The van der Waals surface area contributed by atoms with Crippen LogP contribution in [0.3, 0.4) is 0 Å². The monoisotopic (exact) mass is 210 g/mol. The molecule has 1 saturated carbocycles. The average molecular weight is 210 g/mol. The van der Waals surface area contributed by atoms with Crippen molar-refractivity contribution in [1.82, 2.24) is 0 Å². The molecule has 1 heteroatoms. The predicted molar refractivity (Wildman–Crippen MR) is 66.0 cm³/mol. The quantitative estimate of drug-likeness (QED) is 0.449. The third-order valence-electron chi connectivity index (χ3n) is 3.46. The number of hydrogen-bond donors (Lipinski definition) is 0. The summed E-state index contributed by atoms with van der Waals surface area (Å²) in [6, 6.07) is 0. The Morgan fingerprint density at radius 1 is 1.20 bits per heavy atom. The Kier molecular flexibility index (Phi) is 6.74. The van der Waals surface area contributed by atoms with E-state index in [2.05, 4.69) is 13.5 Å². The number of rotatable bonds is 7. The molecule has 0 bridgehead atoms. The van der Waals surface area contributed by atoms with Crippen molar-refractivity contribution in [1.29, 1.82) is 0 Å². The van der Waals surface area contributed by atoms with Gasteiger partial charge in [0.2, 0.25) is 0 Å². The molecular formula is C14H26O. The Morgan fingerprint density at radius 3 is 2.53 bits per heavy atom. The smallest absolute Gasteiger partial charge is 0.0648 e. The molecule has 1 fully saturated rings. The van der Waals surface area contributed by atoms with Gasteiger partial charge < -0.3 is 4.74 Å². The molecule has 0 N–H and O–H groups in total. The lowest BCUT2D eigenvalue weighted by Gasteiger charge is -2.28. The lowest BCUT2D eigenvalue weighted by atomic mass is 9.84. The lowest BCUT2D eigenvalue weighted by Crippen LogP contribution is -2.21. The molecule has 1 aliphatic carbocycles. The Balaban J connectivity index is 2.04. The van der Waals surface area contributed by atoms with Crippen LogP contribution < -0.4 is 0 Å². The molecule has 0 spiro atoms. The second kappa shape index (κ2) is 7.92. The van der Waals surface area contributed by atoms with Crippen molar-refractivity contribution in [2.75, 3.05) is 6.61 Å². The third kappa shape index (κ3) is 5.36. The minimum atomic E-state index is 0.519. The fourth-order valence-corrected chi connectivity index (χ4v) is 2.47. The van der Waals surface area contributed by atoms with Crippen LogP contribution in [0.2, 0.25) is 0 Å². The number of hydrogen-bond acceptors (Lipinski definition) is 1. The van der Waals surface area contributed by atoms with Gasteiger partial charge in [0.05, 0.1) is 12.7 Å². The zero-order valence-corrected chi connectivity index (χ0v) is 10.2. The SMILES string of the molecule is C=CCO[C@H]1CC[C@H](CCCCC)CC1. The Morgan fingerprint density at radius 2 is 1.93 bits per heavy atom. The summed E-state index contributed by atoms with van der Waals surface area (Å²) in [7, 11) is 0. The fourth-order valence-electron chi connectivity index (χ4n) is 2.47. The van der Waals surface area contributed by atoms with Gasteiger partial charge in [-0.1, -0.05) is 38.7 Å². The Bertz CT molecular complexity index is 157. The molecule has 15 heavy (non-hydrogen) atoms. The fraction of sp³-hybridized carbons (Fsp3) is 0.857. The van der Waals surface area contributed by atoms with Gasteiger partial charge in [-0.3, -0.25) is 0 Å². The maximum Gasteiger partial charge on any atom is 0.0648 e. The zero-order chi connectivity index (χ0) is 10.9. The summed E-state index contributed by atoms with van der Waals surface area (Å²) in [4.78, 5) is 0. The Labute approximate surface area is 94.9 Å². The number of unbranched alkanes of at least 4 members (excludes halogenated alkanes) is 2. The molecule has 0 aromatic carbocycles. The van der Waals surface area contributed by atoms with Gasteiger partial charge in [-0.2, -0.15) is 0 Å². The summed E-state index contributed by atoms with van der Waals surface area (Å²) in [6.45, 7) is 6.69. The predicted octanol–water partition coefficient (Wildman–Crippen LogP) is 4.33. The van der Waals surface area contributed by atoms with E-state index in [0.29, 0.717) is 6.10 Å². The van der Waals surface area contributed by atoms with E-state index in [4.69, 9.17) is 4.74 Å². The van der Waals surface area contributed by atoms with Gasteiger partial charge in [0.1, 0.15) is 0 Å². The van der Waals surface area contributed by atoms with Crippen molar-refractivity contribution in [3.63, 3.8) is 0 Å². The maximum atomic E-state index is 5.69. The van der Waals surface area contributed by atoms with Crippen LogP contribution in [-0.4, -0.2) is 12.7 Å². The van der Waals surface area contributed by atoms with E-state index < -0.39 is 0 Å². The van der Waals surface area contributed by atoms with E-state index in [9.17, 15) is 0 Å². The maximum absolute atomic E-state index is 5.69. The highest BCUT2D eigenvalue weighted by Crippen LogP contribution is 2.29. The molecule has 1 rings (SSSR count). The zero-order valence-electron chi connectivity index (χ0n) is 10.2. The highest BCUT2D eigenvalue weighted by molar-refractivity contribution is 4.74. The number of ether oxygens (including phenoxy) is 1. The first-order chi connectivity index (χ1) is 7.36. The molecule has 0 aliphatic heterocycles. The van der Waals surface area contributed by atoms with Crippen molar-refractivity contribution in [3.8, 4) is 0 Å². The normalized spacial score (nSPS) is 26.5. The molecule has 1 nitrogen and oxygen atoms in total. The summed E-state index contributed by atoms with van der Waals surface area (Å²) in [5.74, 6) is 0.986. The van der Waals surface area contributed by atoms with Crippen molar-refractivity contribution < 1.29 is 4.74 Å². The molecular weight excluding hydrogens is 184 g/mol. The highest BCUT2D eigenvalue weighted by Gasteiger charge is 2.20. The topological polar surface area (TPSA) is 9.23 Å². The van der Waals surface area contributed by atoms with Crippen LogP contribution >= 0.6 is 0 Å². The van der Waals surface area contributed by atoms with Gasteiger partial charge in [0, 0.05) is 0 Å². The molecule has 0 radical (unpaired) electrons. The minimum absolute atomic E-state index is 0.519. The second-order valence-electron chi connectivity index (χ2n) is 4.76. The standard InChI is InChI=1S/C14H26O/c1-3-5-6-7-13-8-10-14(11-9-13)15-12-4-2/h4,13-14H,2-3,5-12H2,1H3/t13-,14-. The third-order valence-corrected chi connectivity index (χ3v) is 3.46. The molecule has 0 atom stereocenters. The van der Waals surface area contributed by atoms with Crippen molar-refractivity contribution in [2.45, 2.75) is 64.4 Å². The largest absolute Gasteiger partial charge is 0.374 e. The van der Waals surface area contributed by atoms with Crippen LogP contribution in [-0.2, 0) is 4.74 Å². The molecule has 0 heterocycles. The van der Waals surface area contributed by atoms with Crippen LogP contribution in [0.15, 0.2) is 12.7 Å². The van der Waals surface area contributed by atoms with E-state index in [1.54, 1.807) is 0 Å². The van der Waals surface area contributed by atoms with Gasteiger partial charge in [-0.05, 0) is 31.6 Å². The summed E-state index contributed by atoms with van der Waals surface area (Å²) in [5, 5.41) is 0. The summed E-state index contributed by atoms with van der Waals surface area (Å²) >= 11 is 0. The molecule has 0 amide bonds. The molecule has 0 unspecified atom stereocenters. The van der Waals surface area contributed by atoms with Crippen molar-refractivity contribution >= 4 is 0 Å². The van der Waals surface area contributed by atoms with Gasteiger partial charge in [-0.25, -0.2) is 0 Å². The van der Waals surface area contributed by atoms with Crippen LogP contribution in [0, 0.1) is 5.92 Å². The molecule has 0 aromatic heterocycles. The van der Waals surface area contributed by atoms with Gasteiger partial charge >= 0.3 is 0 Å².